The van der Waals surface area contributed by atoms with Gasteiger partial charge in [-0.1, -0.05) is 29.0 Å². The quantitative estimate of drug-likeness (QED) is 0.443. The second-order valence-corrected chi connectivity index (χ2v) is 9.36. The molecule has 1 amide bonds. The Morgan fingerprint density at radius 2 is 2.13 bits per heavy atom. The molecule has 1 fully saturated rings. The van der Waals surface area contributed by atoms with Gasteiger partial charge in [0, 0.05) is 11.5 Å². The predicted molar refractivity (Wildman–Crippen MR) is 124 cm³/mol. The maximum Gasteiger partial charge on any atom is 0.239 e. The SMILES string of the molecule is CCOc1ccc2nc(N(CC3CCCO3)C(=O)CSc3ccc(C)cc3)sc2c1. The number of carbonyl (C=O) groups excluding carboxylic acids is 1. The fourth-order valence-corrected chi connectivity index (χ4v) is 5.20. The van der Waals surface area contributed by atoms with E-state index in [-0.39, 0.29) is 12.0 Å². The molecule has 1 aliphatic rings. The molecule has 2 aromatic carbocycles. The first kappa shape index (κ1) is 21.2. The second kappa shape index (κ2) is 9.81. The molecule has 0 spiro atoms. The van der Waals surface area contributed by atoms with Gasteiger partial charge in [-0.25, -0.2) is 4.98 Å². The van der Waals surface area contributed by atoms with Gasteiger partial charge in [0.2, 0.25) is 5.91 Å². The number of aryl methyl sites for hydroxylation is 1. The van der Waals surface area contributed by atoms with Gasteiger partial charge in [-0.2, -0.15) is 0 Å². The molecule has 0 bridgehead atoms. The number of hydrogen-bond donors (Lipinski definition) is 0. The topological polar surface area (TPSA) is 51.7 Å². The van der Waals surface area contributed by atoms with E-state index in [9.17, 15) is 4.79 Å². The van der Waals surface area contributed by atoms with Gasteiger partial charge in [-0.15, -0.1) is 11.8 Å². The molecule has 0 radical (unpaired) electrons. The van der Waals surface area contributed by atoms with Crippen LogP contribution in [0.1, 0.15) is 25.3 Å². The number of anilines is 1. The van der Waals surface area contributed by atoms with Crippen LogP contribution in [0.25, 0.3) is 10.2 Å². The third kappa shape index (κ3) is 5.14. The minimum atomic E-state index is 0.0557. The van der Waals surface area contributed by atoms with E-state index in [1.165, 1.54) is 16.9 Å². The lowest BCUT2D eigenvalue weighted by Gasteiger charge is -2.23. The summed E-state index contributed by atoms with van der Waals surface area (Å²) in [7, 11) is 0. The summed E-state index contributed by atoms with van der Waals surface area (Å²) >= 11 is 3.09. The minimum Gasteiger partial charge on any atom is -0.494 e. The van der Waals surface area contributed by atoms with E-state index < -0.39 is 0 Å². The number of fused-ring (bicyclic) bond motifs is 1. The molecule has 3 aromatic rings. The van der Waals surface area contributed by atoms with Gasteiger partial charge in [0.05, 0.1) is 35.2 Å². The van der Waals surface area contributed by atoms with E-state index in [0.717, 1.165) is 45.4 Å². The lowest BCUT2D eigenvalue weighted by molar-refractivity contribution is -0.116. The maximum absolute atomic E-state index is 13.2. The van der Waals surface area contributed by atoms with Crippen LogP contribution >= 0.6 is 23.1 Å². The monoisotopic (exact) mass is 442 g/mol. The number of aromatic nitrogens is 1. The van der Waals surface area contributed by atoms with Crippen LogP contribution in [-0.4, -0.2) is 42.5 Å². The van der Waals surface area contributed by atoms with Crippen molar-refractivity contribution in [3.8, 4) is 5.75 Å². The van der Waals surface area contributed by atoms with Crippen molar-refractivity contribution in [3.05, 3.63) is 48.0 Å². The van der Waals surface area contributed by atoms with Crippen molar-refractivity contribution in [1.29, 1.82) is 0 Å². The molecule has 1 saturated heterocycles. The van der Waals surface area contributed by atoms with Gasteiger partial charge in [0.25, 0.3) is 0 Å². The molecule has 1 aromatic heterocycles. The molecule has 1 aliphatic heterocycles. The van der Waals surface area contributed by atoms with E-state index in [0.29, 0.717) is 18.9 Å². The molecule has 5 nitrogen and oxygen atoms in total. The smallest absolute Gasteiger partial charge is 0.239 e. The largest absolute Gasteiger partial charge is 0.494 e. The molecular weight excluding hydrogens is 416 g/mol. The second-order valence-electron chi connectivity index (χ2n) is 7.30. The molecular formula is C23H26N2O3S2. The summed E-state index contributed by atoms with van der Waals surface area (Å²) in [6, 6.07) is 14.1. The summed E-state index contributed by atoms with van der Waals surface area (Å²) in [6.45, 7) is 5.97. The third-order valence-electron chi connectivity index (χ3n) is 4.99. The van der Waals surface area contributed by atoms with Crippen molar-refractivity contribution in [2.45, 2.75) is 37.7 Å². The number of benzene rings is 2. The van der Waals surface area contributed by atoms with Crippen molar-refractivity contribution >= 4 is 44.4 Å². The van der Waals surface area contributed by atoms with Crippen LogP contribution in [0, 0.1) is 6.92 Å². The molecule has 4 rings (SSSR count). The fourth-order valence-electron chi connectivity index (χ4n) is 3.40. The van der Waals surface area contributed by atoms with E-state index in [4.69, 9.17) is 14.5 Å². The first-order valence-corrected chi connectivity index (χ1v) is 12.1. The summed E-state index contributed by atoms with van der Waals surface area (Å²) in [4.78, 5) is 20.9. The van der Waals surface area contributed by atoms with E-state index in [1.807, 2.05) is 30.0 Å². The highest BCUT2D eigenvalue weighted by molar-refractivity contribution is 8.00. The molecule has 2 heterocycles. The Morgan fingerprint density at radius 3 is 2.87 bits per heavy atom. The van der Waals surface area contributed by atoms with Gasteiger partial charge in [0.1, 0.15) is 5.75 Å². The zero-order valence-corrected chi connectivity index (χ0v) is 18.9. The summed E-state index contributed by atoms with van der Waals surface area (Å²) in [5.74, 6) is 1.25. The number of thioether (sulfide) groups is 1. The van der Waals surface area contributed by atoms with E-state index in [2.05, 4.69) is 31.2 Å². The van der Waals surface area contributed by atoms with Crippen molar-refractivity contribution in [1.82, 2.24) is 4.98 Å². The van der Waals surface area contributed by atoms with Crippen molar-refractivity contribution in [3.63, 3.8) is 0 Å². The van der Waals surface area contributed by atoms with Crippen LogP contribution in [0.3, 0.4) is 0 Å². The zero-order chi connectivity index (χ0) is 20.9. The summed E-state index contributed by atoms with van der Waals surface area (Å²) in [6.07, 6.45) is 2.10. The van der Waals surface area contributed by atoms with Crippen molar-refractivity contribution in [2.24, 2.45) is 0 Å². The normalized spacial score (nSPS) is 16.1. The number of nitrogens with zero attached hydrogens (tertiary/aromatic N) is 2. The predicted octanol–water partition coefficient (Wildman–Crippen LogP) is 5.31. The highest BCUT2D eigenvalue weighted by Crippen LogP contribution is 2.33. The Labute approximate surface area is 185 Å². The average Bonchev–Trinajstić information content (AvgIpc) is 3.41. The summed E-state index contributed by atoms with van der Waals surface area (Å²) in [5.41, 5.74) is 2.10. The lowest BCUT2D eigenvalue weighted by Crippen LogP contribution is -2.38. The molecule has 1 unspecified atom stereocenters. The molecule has 1 atom stereocenters. The number of thiazole rings is 1. The van der Waals surface area contributed by atoms with Crippen molar-refractivity contribution in [2.75, 3.05) is 30.4 Å². The van der Waals surface area contributed by atoms with E-state index in [1.54, 1.807) is 11.8 Å². The zero-order valence-electron chi connectivity index (χ0n) is 17.3. The molecule has 0 aliphatic carbocycles. The maximum atomic E-state index is 13.2. The molecule has 0 N–H and O–H groups in total. The molecule has 158 valence electrons. The highest BCUT2D eigenvalue weighted by atomic mass is 32.2. The van der Waals surface area contributed by atoms with E-state index >= 15 is 0 Å². The average molecular weight is 443 g/mol. The standard InChI is InChI=1S/C23H26N2O3S2/c1-3-27-17-8-11-20-21(13-17)30-23(24-20)25(14-18-5-4-12-28-18)22(26)15-29-19-9-6-16(2)7-10-19/h6-11,13,18H,3-5,12,14-15H2,1-2H3. The number of rotatable bonds is 8. The molecule has 0 saturated carbocycles. The Balaban J connectivity index is 1.54. The Morgan fingerprint density at radius 1 is 1.30 bits per heavy atom. The number of hydrogen-bond acceptors (Lipinski definition) is 6. The van der Waals surface area contributed by atoms with Gasteiger partial charge in [-0.3, -0.25) is 9.69 Å². The summed E-state index contributed by atoms with van der Waals surface area (Å²) in [5, 5.41) is 0.726. The van der Waals surface area contributed by atoms with Gasteiger partial charge >= 0.3 is 0 Å². The van der Waals surface area contributed by atoms with Gasteiger partial charge in [0.15, 0.2) is 5.13 Å². The van der Waals surface area contributed by atoms with Crippen LogP contribution in [-0.2, 0) is 9.53 Å². The van der Waals surface area contributed by atoms with Crippen LogP contribution in [0.2, 0.25) is 0 Å². The number of ether oxygens (including phenoxy) is 2. The Hall–Kier alpha value is -2.09. The first-order chi connectivity index (χ1) is 14.6. The Bertz CT molecular complexity index is 997. The van der Waals surface area contributed by atoms with Crippen LogP contribution in [0.5, 0.6) is 5.75 Å². The number of amides is 1. The summed E-state index contributed by atoms with van der Waals surface area (Å²) < 4.78 is 12.4. The van der Waals surface area contributed by atoms with Gasteiger partial charge in [-0.05, 0) is 57.0 Å². The number of carbonyl (C=O) groups is 1. The van der Waals surface area contributed by atoms with Crippen LogP contribution < -0.4 is 9.64 Å². The minimum absolute atomic E-state index is 0.0557. The van der Waals surface area contributed by atoms with Crippen molar-refractivity contribution < 1.29 is 14.3 Å². The van der Waals surface area contributed by atoms with Crippen LogP contribution in [0.15, 0.2) is 47.4 Å². The fraction of sp³-hybridized carbons (Fsp3) is 0.391. The molecule has 7 heteroatoms. The van der Waals surface area contributed by atoms with Crippen LogP contribution in [0.4, 0.5) is 5.13 Å². The van der Waals surface area contributed by atoms with Gasteiger partial charge < -0.3 is 9.47 Å². The molecule has 30 heavy (non-hydrogen) atoms. The third-order valence-corrected chi connectivity index (χ3v) is 7.02. The highest BCUT2D eigenvalue weighted by Gasteiger charge is 2.26. The first-order valence-electron chi connectivity index (χ1n) is 10.3. The Kier molecular flexibility index (Phi) is 6.92. The lowest BCUT2D eigenvalue weighted by atomic mass is 10.2.